The van der Waals surface area contributed by atoms with Crippen LogP contribution in [-0.4, -0.2) is 30.4 Å². The van der Waals surface area contributed by atoms with E-state index in [1.165, 1.54) is 18.2 Å². The third-order valence-electron chi connectivity index (χ3n) is 3.44. The number of nitrogens with one attached hydrogen (secondary N) is 1. The molecule has 0 radical (unpaired) electrons. The lowest BCUT2D eigenvalue weighted by Gasteiger charge is -2.28. The van der Waals surface area contributed by atoms with Gasteiger partial charge in [-0.25, -0.2) is 8.78 Å². The van der Waals surface area contributed by atoms with Gasteiger partial charge in [-0.1, -0.05) is 13.0 Å². The van der Waals surface area contributed by atoms with E-state index in [-0.39, 0.29) is 24.5 Å². The number of aliphatic hydroxyl groups is 1. The number of hydrogen-bond donors (Lipinski definition) is 2. The number of para-hydroxylation sites is 1. The largest absolute Gasteiger partial charge is 0.488 e. The molecule has 120 valence electrons. The minimum absolute atomic E-state index is 0.0653. The Balaban J connectivity index is 2.31. The number of ether oxygens (including phenoxy) is 1. The first-order valence-electron chi connectivity index (χ1n) is 7.45. The quantitative estimate of drug-likeness (QED) is 0.652. The summed E-state index contributed by atoms with van der Waals surface area (Å²) < 4.78 is 31.8. The Hall–Kier alpha value is -1.20. The summed E-state index contributed by atoms with van der Waals surface area (Å²) in [5, 5.41) is 12.7. The Morgan fingerprint density at radius 1 is 1.24 bits per heavy atom. The summed E-state index contributed by atoms with van der Waals surface area (Å²) in [4.78, 5) is 0. The number of hydrogen-bond acceptors (Lipinski definition) is 3. The summed E-state index contributed by atoms with van der Waals surface area (Å²) >= 11 is 0. The molecule has 1 aromatic carbocycles. The van der Waals surface area contributed by atoms with E-state index < -0.39 is 11.6 Å². The number of halogens is 2. The predicted molar refractivity (Wildman–Crippen MR) is 79.5 cm³/mol. The highest BCUT2D eigenvalue weighted by molar-refractivity contribution is 5.25. The maximum absolute atomic E-state index is 13.3. The first-order valence-corrected chi connectivity index (χ1v) is 7.45. The summed E-state index contributed by atoms with van der Waals surface area (Å²) in [6.07, 6.45) is 3.28. The van der Waals surface area contributed by atoms with Crippen molar-refractivity contribution in [3.05, 3.63) is 29.8 Å². The molecule has 3 nitrogen and oxygen atoms in total. The molecule has 0 heterocycles. The Bertz CT molecular complexity index is 408. The van der Waals surface area contributed by atoms with Gasteiger partial charge < -0.3 is 15.2 Å². The van der Waals surface area contributed by atoms with Crippen LogP contribution < -0.4 is 10.1 Å². The molecule has 0 aliphatic heterocycles. The summed E-state index contributed by atoms with van der Waals surface area (Å²) in [6.45, 7) is 5.22. The Morgan fingerprint density at radius 2 is 1.90 bits per heavy atom. The highest BCUT2D eigenvalue weighted by atomic mass is 19.1. The minimum atomic E-state index is -0.681. The molecule has 0 aliphatic carbocycles. The van der Waals surface area contributed by atoms with Crippen LogP contribution in [0.25, 0.3) is 0 Å². The predicted octanol–water partition coefficient (Wildman–Crippen LogP) is 3.26. The minimum Gasteiger partial charge on any atom is -0.488 e. The molecule has 2 N–H and O–H groups in total. The van der Waals surface area contributed by atoms with Crippen LogP contribution >= 0.6 is 0 Å². The average Bonchev–Trinajstić information content (AvgIpc) is 2.47. The molecule has 0 fully saturated rings. The van der Waals surface area contributed by atoms with E-state index in [0.717, 1.165) is 25.8 Å². The van der Waals surface area contributed by atoms with E-state index >= 15 is 0 Å². The first-order chi connectivity index (χ1) is 10.0. The SMILES string of the molecule is CCCNC(C)(CO)CCCCOc1c(F)cccc1F. The Morgan fingerprint density at radius 3 is 2.48 bits per heavy atom. The van der Waals surface area contributed by atoms with Crippen molar-refractivity contribution in [3.63, 3.8) is 0 Å². The molecule has 0 aromatic heterocycles. The highest BCUT2D eigenvalue weighted by Crippen LogP contribution is 2.21. The number of benzene rings is 1. The first kappa shape index (κ1) is 17.9. The van der Waals surface area contributed by atoms with E-state index in [2.05, 4.69) is 12.2 Å². The third kappa shape index (κ3) is 5.98. The van der Waals surface area contributed by atoms with Gasteiger partial charge in [0.15, 0.2) is 17.4 Å². The topological polar surface area (TPSA) is 41.5 Å². The number of unbranched alkanes of at least 4 members (excludes halogenated alkanes) is 1. The molecule has 21 heavy (non-hydrogen) atoms. The van der Waals surface area contributed by atoms with Crippen molar-refractivity contribution in [2.24, 2.45) is 0 Å². The van der Waals surface area contributed by atoms with Crippen LogP contribution in [0.15, 0.2) is 18.2 Å². The molecule has 1 rings (SSSR count). The lowest BCUT2D eigenvalue weighted by molar-refractivity contribution is 0.160. The highest BCUT2D eigenvalue weighted by Gasteiger charge is 2.21. The molecule has 0 bridgehead atoms. The zero-order valence-corrected chi connectivity index (χ0v) is 12.8. The molecule has 0 amide bonds. The Labute approximate surface area is 125 Å². The van der Waals surface area contributed by atoms with Gasteiger partial charge in [0.1, 0.15) is 0 Å². The van der Waals surface area contributed by atoms with Gasteiger partial charge in [0.05, 0.1) is 13.2 Å². The molecular formula is C16H25F2NO2. The summed E-state index contributed by atoms with van der Waals surface area (Å²) in [7, 11) is 0. The zero-order chi connectivity index (χ0) is 15.7. The molecule has 0 aliphatic rings. The molecular weight excluding hydrogens is 276 g/mol. The molecule has 5 heteroatoms. The summed E-state index contributed by atoms with van der Waals surface area (Å²) in [5.74, 6) is -1.67. The van der Waals surface area contributed by atoms with Crippen LogP contribution in [0.5, 0.6) is 5.75 Å². The van der Waals surface area contributed by atoms with Crippen LogP contribution in [0, 0.1) is 11.6 Å². The van der Waals surface area contributed by atoms with Crippen LogP contribution in [0.1, 0.15) is 39.5 Å². The average molecular weight is 301 g/mol. The van der Waals surface area contributed by atoms with Gasteiger partial charge >= 0.3 is 0 Å². The smallest absolute Gasteiger partial charge is 0.190 e. The molecule has 0 saturated heterocycles. The number of aliphatic hydroxyl groups excluding tert-OH is 1. The fourth-order valence-corrected chi connectivity index (χ4v) is 2.06. The van der Waals surface area contributed by atoms with E-state index in [1.54, 1.807) is 0 Å². The van der Waals surface area contributed by atoms with Gasteiger partial charge in [0, 0.05) is 5.54 Å². The molecule has 0 saturated carbocycles. The van der Waals surface area contributed by atoms with Crippen molar-refractivity contribution >= 4 is 0 Å². The number of rotatable bonds is 10. The second-order valence-electron chi connectivity index (χ2n) is 5.50. The second-order valence-corrected chi connectivity index (χ2v) is 5.50. The normalized spacial score (nSPS) is 14.0. The lowest BCUT2D eigenvalue weighted by Crippen LogP contribution is -2.46. The molecule has 1 atom stereocenters. The standard InChI is InChI=1S/C16H25F2NO2/c1-3-10-19-16(2,12-20)9-4-5-11-21-15-13(17)7-6-8-14(15)18/h6-8,19-20H,3-5,9-12H2,1-2H3. The second kappa shape index (κ2) is 8.95. The molecule has 0 spiro atoms. The van der Waals surface area contributed by atoms with Crippen molar-refractivity contribution in [3.8, 4) is 5.75 Å². The van der Waals surface area contributed by atoms with E-state index in [0.29, 0.717) is 6.42 Å². The lowest BCUT2D eigenvalue weighted by atomic mass is 9.95. The van der Waals surface area contributed by atoms with E-state index in [1.807, 2.05) is 6.92 Å². The fourth-order valence-electron chi connectivity index (χ4n) is 2.06. The van der Waals surface area contributed by atoms with Crippen LogP contribution in [0.3, 0.4) is 0 Å². The van der Waals surface area contributed by atoms with Gasteiger partial charge in [0.25, 0.3) is 0 Å². The van der Waals surface area contributed by atoms with Gasteiger partial charge in [-0.2, -0.15) is 0 Å². The van der Waals surface area contributed by atoms with Gasteiger partial charge in [-0.15, -0.1) is 0 Å². The monoisotopic (exact) mass is 301 g/mol. The summed E-state index contributed by atoms with van der Waals surface area (Å²) in [6, 6.07) is 3.66. The van der Waals surface area contributed by atoms with Crippen LogP contribution in [0.2, 0.25) is 0 Å². The van der Waals surface area contributed by atoms with E-state index in [9.17, 15) is 13.9 Å². The molecule has 1 aromatic rings. The maximum Gasteiger partial charge on any atom is 0.190 e. The van der Waals surface area contributed by atoms with Crippen molar-refractivity contribution in [2.45, 2.75) is 45.1 Å². The maximum atomic E-state index is 13.3. The molecule has 1 unspecified atom stereocenters. The van der Waals surface area contributed by atoms with Crippen molar-refractivity contribution < 1.29 is 18.6 Å². The van der Waals surface area contributed by atoms with E-state index in [4.69, 9.17) is 4.74 Å². The zero-order valence-electron chi connectivity index (χ0n) is 12.8. The Kier molecular flexibility index (Phi) is 7.61. The van der Waals surface area contributed by atoms with Crippen molar-refractivity contribution in [1.82, 2.24) is 5.32 Å². The van der Waals surface area contributed by atoms with Gasteiger partial charge in [-0.3, -0.25) is 0 Å². The van der Waals surface area contributed by atoms with Crippen molar-refractivity contribution in [1.29, 1.82) is 0 Å². The van der Waals surface area contributed by atoms with Gasteiger partial charge in [-0.05, 0) is 51.3 Å². The van der Waals surface area contributed by atoms with Gasteiger partial charge in [0.2, 0.25) is 0 Å². The fraction of sp³-hybridized carbons (Fsp3) is 0.625. The van der Waals surface area contributed by atoms with Crippen LogP contribution in [0.4, 0.5) is 8.78 Å². The third-order valence-corrected chi connectivity index (χ3v) is 3.44. The summed E-state index contributed by atoms with van der Waals surface area (Å²) in [5.41, 5.74) is -0.306. The van der Waals surface area contributed by atoms with Crippen molar-refractivity contribution in [2.75, 3.05) is 19.8 Å². The van der Waals surface area contributed by atoms with Crippen LogP contribution in [-0.2, 0) is 0 Å².